The maximum atomic E-state index is 12.2. The van der Waals surface area contributed by atoms with Crippen LogP contribution in [0.3, 0.4) is 0 Å². The van der Waals surface area contributed by atoms with Gasteiger partial charge in [0.05, 0.1) is 35.9 Å². The average Bonchev–Trinajstić information content (AvgIpc) is 1.62. The molecule has 11 saturated carbocycles. The van der Waals surface area contributed by atoms with E-state index in [4.69, 9.17) is 34.2 Å². The van der Waals surface area contributed by atoms with Crippen LogP contribution < -0.4 is 0 Å². The number of terminal acetylenes is 1. The summed E-state index contributed by atoms with van der Waals surface area (Å²) in [4.78, 5) is 67.1. The van der Waals surface area contributed by atoms with Crippen molar-refractivity contribution in [1.82, 2.24) is 0 Å². The number of hydrogen-bond donors (Lipinski definition) is 3. The van der Waals surface area contributed by atoms with Gasteiger partial charge in [-0.1, -0.05) is 237 Å². The fraction of sp³-hybridized carbons (Fsp3) is 0.797. The summed E-state index contributed by atoms with van der Waals surface area (Å²) in [5.41, 5.74) is 14.2. The number of carbonyl (C=O) groups excluding carboxylic acids is 5. The fourth-order valence-electron chi connectivity index (χ4n) is 31.2. The molecule has 0 aromatic rings. The Hall–Kier alpha value is -3.08. The molecule has 0 aromatic carbocycles. The molecule has 0 amide bonds. The van der Waals surface area contributed by atoms with Crippen LogP contribution in [0.15, 0.2) is 100 Å². The van der Waals surface area contributed by atoms with E-state index < -0.39 is 34.4 Å². The number of carbonyl (C=O) groups is 5. The number of allylic oxidation sites excluding steroid dienone is 9. The molecule has 143 heavy (non-hydrogen) atoms. The van der Waals surface area contributed by atoms with Gasteiger partial charge < -0.3 is 47.9 Å². The van der Waals surface area contributed by atoms with Gasteiger partial charge in [-0.05, 0) is 425 Å². The molecule has 20 heteroatoms. The monoisotopic (exact) mass is 2270 g/mol. The van der Waals surface area contributed by atoms with Crippen LogP contribution in [0.5, 0.6) is 0 Å². The lowest BCUT2D eigenvalue weighted by Crippen LogP contribution is -2.47. The predicted octanol–water partition coefficient (Wildman–Crippen LogP) is 33.3. The van der Waals surface area contributed by atoms with Crippen molar-refractivity contribution in [2.24, 2.45) is 122 Å². The summed E-state index contributed by atoms with van der Waals surface area (Å²) >= 11 is 14.3. The van der Waals surface area contributed by atoms with Crippen LogP contribution in [0, 0.1) is 134 Å². The zero-order chi connectivity index (χ0) is 106. The molecule has 11 aliphatic carbocycles. The maximum Gasteiger partial charge on any atom is 0.334 e. The van der Waals surface area contributed by atoms with E-state index in [9.17, 15) is 39.3 Å². The zero-order valence-corrected chi connectivity index (χ0v) is 102. The number of ether oxygens (including phenoxy) is 4. The molecular weight excluding hydrogens is 2080 g/mol. The number of fused-ring (bicyclic) bond motifs is 5. The van der Waals surface area contributed by atoms with Crippen LogP contribution in [-0.2, 0) is 51.8 Å². The second kappa shape index (κ2) is 51.8. The minimum absolute atomic E-state index is 0.00452. The van der Waals surface area contributed by atoms with Gasteiger partial charge in [0.1, 0.15) is 30.7 Å². The van der Waals surface area contributed by atoms with Crippen molar-refractivity contribution in [3.8, 4) is 12.3 Å². The van der Waals surface area contributed by atoms with Gasteiger partial charge in [0.2, 0.25) is 0 Å². The Morgan fingerprint density at radius 1 is 0.469 bits per heavy atom. The summed E-state index contributed by atoms with van der Waals surface area (Å²) < 4.78 is 35.5. The highest BCUT2D eigenvalue weighted by Gasteiger charge is 2.58. The van der Waals surface area contributed by atoms with Gasteiger partial charge in [0, 0.05) is 56.1 Å². The van der Waals surface area contributed by atoms with Crippen molar-refractivity contribution < 1.29 is 67.1 Å². The standard InChI is InChI=1S/C28H42O4.C21H33BrO3.C21H31BrO2.C20H40O2Si2.C18H27BrO2.C15H23BrO/c1-17(2)24-16-23(32-27(24)31)12-18(3)25-9-10-26-20(6-5-11-28(25,26)4)8-7-19-13-21(29)15-22(30)14-19;1-13(10-15-11-18(19(23)25-15)20(2,3)24)16-7-8-17-14(12-22)6-5-9-21(16,17)4;1-13(2)17-11-16(24-20(17)23)10-14(3)18-7-8-19-15(12-22)6-5-9-21(18,19)4;1-13-15-18(22-24(11,12)20(6,7)8)16-17(14-2)21-23(9,10)19(3,4)5;1-12(10-14-5-8-17(20)21-14)15-6-7-16-13(11-19)4-3-9-18(15,16)2;1-11(7-9-17)13-5-6-14-12(10-16)4-3-8-15(13,14)2/h7-8,18,21-23,25-26,29-30H,5-6,9-16H2,1-4H3;12-13,15-18,24H,5-11H2,1-4H3;12,14,16,18-19H,5-11H2,1-4H3;1,14,17-18H,2,15-16H2,3-12H3;11-12,14-16H,3-10H2,1-2H3;9-11,13-14H,3-8H2,1-2H3/b20-8+;14-12+;15-12+;;13-11+;12-10+/t18-,21-,22-,23?,25-,26?,28-;13-,15?,16-,17?,18?,21-;14-,16?,18-,19?,21-;17-,18-;12-,14?,15-,16?,18-;11-,13-,14?,15-/m111111/s1. The third-order valence-electron chi connectivity index (χ3n) is 40.9. The molecule has 0 aromatic heterocycles. The zero-order valence-electron chi connectivity index (χ0n) is 93.9. The number of aliphatic hydroxyl groups is 3. The van der Waals surface area contributed by atoms with Crippen molar-refractivity contribution in [3.63, 3.8) is 0 Å². The first kappa shape index (κ1) is 122. The highest BCUT2D eigenvalue weighted by atomic mass is 79.9. The van der Waals surface area contributed by atoms with E-state index in [1.165, 1.54) is 166 Å². The van der Waals surface area contributed by atoms with Crippen LogP contribution in [0.1, 0.15) is 409 Å². The van der Waals surface area contributed by atoms with Gasteiger partial charge in [-0.25, -0.2) is 9.59 Å². The lowest BCUT2D eigenvalue weighted by atomic mass is 9.60. The number of halogens is 4. The third-order valence-corrected chi connectivity index (χ3v) is 52.3. The summed E-state index contributed by atoms with van der Waals surface area (Å²) in [5, 5.41) is 30.5. The van der Waals surface area contributed by atoms with Crippen LogP contribution in [-0.4, -0.2) is 117 Å². The van der Waals surface area contributed by atoms with Gasteiger partial charge in [-0.2, -0.15) is 0 Å². The number of esters is 4. The Morgan fingerprint density at radius 3 is 1.12 bits per heavy atom. The van der Waals surface area contributed by atoms with E-state index in [-0.39, 0.29) is 76.5 Å². The van der Waals surface area contributed by atoms with Crippen molar-refractivity contribution in [1.29, 1.82) is 0 Å². The first-order valence-electron chi connectivity index (χ1n) is 56.6. The molecule has 0 spiro atoms. The number of aldehydes is 1. The van der Waals surface area contributed by atoms with Crippen LogP contribution in [0.25, 0.3) is 0 Å². The third kappa shape index (κ3) is 29.5. The van der Waals surface area contributed by atoms with Crippen LogP contribution >= 0.6 is 63.7 Å². The molecule has 0 radical (unpaired) electrons. The highest BCUT2D eigenvalue weighted by Crippen LogP contribution is 2.66. The predicted molar refractivity (Wildman–Crippen MR) is 607 cm³/mol. The Bertz CT molecular complexity index is 4600. The minimum Gasteiger partial charge on any atom is -0.462 e. The molecule has 4 heterocycles. The van der Waals surface area contributed by atoms with Crippen molar-refractivity contribution in [2.75, 3.05) is 0 Å². The molecule has 15 fully saturated rings. The topological polar surface area (TPSA) is 201 Å². The van der Waals surface area contributed by atoms with E-state index in [2.05, 4.69) is 245 Å². The lowest BCUT2D eigenvalue weighted by molar-refractivity contribution is -0.150. The molecule has 15 aliphatic rings. The van der Waals surface area contributed by atoms with Crippen LogP contribution in [0.2, 0.25) is 36.3 Å². The largest absolute Gasteiger partial charge is 0.462 e. The van der Waals surface area contributed by atoms with Crippen LogP contribution in [0.4, 0.5) is 0 Å². The number of cyclic esters (lactones) is 4. The average molecular weight is 2270 g/mol. The Labute approximate surface area is 904 Å². The van der Waals surface area contributed by atoms with E-state index in [1.54, 1.807) is 41.7 Å². The van der Waals surface area contributed by atoms with E-state index in [0.29, 0.717) is 119 Å². The summed E-state index contributed by atoms with van der Waals surface area (Å²) in [6.45, 7) is 62.3. The molecule has 29 atom stereocenters. The molecule has 808 valence electrons. The first-order valence-corrected chi connectivity index (χ1v) is 66.1. The van der Waals surface area contributed by atoms with Gasteiger partial charge in [-0.15, -0.1) is 18.9 Å². The van der Waals surface area contributed by atoms with Gasteiger partial charge in [0.15, 0.2) is 16.6 Å². The smallest absolute Gasteiger partial charge is 0.334 e. The van der Waals surface area contributed by atoms with E-state index in [0.717, 1.165) is 122 Å². The molecular formula is C123H196Br4O14Si2. The number of aliphatic hydroxyl groups excluding tert-OH is 2. The van der Waals surface area contributed by atoms with Crippen molar-refractivity contribution in [2.45, 2.75) is 500 Å². The van der Waals surface area contributed by atoms with E-state index in [1.807, 2.05) is 33.8 Å². The Kier molecular flexibility index (Phi) is 44.1. The summed E-state index contributed by atoms with van der Waals surface area (Å²) in [6.07, 6.45) is 56.8. The quantitative estimate of drug-likeness (QED) is 0.0148. The minimum atomic E-state index is -1.85. The Balaban J connectivity index is 0.000000178. The van der Waals surface area contributed by atoms with Gasteiger partial charge in [0.25, 0.3) is 0 Å². The normalized spacial score (nSPS) is 36.7. The molecule has 3 N–H and O–H groups in total. The van der Waals surface area contributed by atoms with Gasteiger partial charge in [-0.3, -0.25) is 9.59 Å². The summed E-state index contributed by atoms with van der Waals surface area (Å²) in [5.74, 6) is 12.2. The summed E-state index contributed by atoms with van der Waals surface area (Å²) in [6, 6.07) is 0. The fourth-order valence-corrected chi connectivity index (χ4v) is 36.1. The molecule has 0 bridgehead atoms. The first-order chi connectivity index (χ1) is 66.9. The Morgan fingerprint density at radius 2 is 0.811 bits per heavy atom. The molecule has 15 rings (SSSR count). The molecule has 4 aliphatic heterocycles. The molecule has 4 saturated heterocycles. The second-order valence-electron chi connectivity index (χ2n) is 53.3. The SMILES string of the molecule is C#CC[C@H](C[C@@H](C=C)O[Si](C)(C)C(C)(C)C)O[Si](C)(C)C(C)(C)C.CC(C)=C1CC(C[C@@H](C)[C@H]2CCC3/C(=C/Br)CCC[C@@]32C)OC1=O.CC(C)=C1CC(C[C@@H](C)[C@H]2CCC3/C(=C/C=C4C[C@@H](O)C[C@H](O)C4)CCC[C@@]32C)OC1=O.C[C@H](CC1CC(C(C)(C)O)C(=O)O1)[C@H]1CCC2/C(=C/Br)CCC[C@@]21C.C[C@H](CC1CCC(=O)O1)[C@H]1CCC2/C(=C/Br)CCC[C@@]21C.C[C@H](CC=O)[C@H]1CCC2/C(=C/Br)CCC[C@@]21C. The van der Waals surface area contributed by atoms with E-state index >= 15 is 0 Å². The highest BCUT2D eigenvalue weighted by molar-refractivity contribution is 9.11. The number of rotatable bonds is 25. The lowest BCUT2D eigenvalue weighted by Gasteiger charge is -2.44. The van der Waals surface area contributed by atoms with Crippen molar-refractivity contribution in [3.05, 3.63) is 100 Å². The number of hydrogen-bond acceptors (Lipinski definition) is 14. The maximum absolute atomic E-state index is 12.2. The second-order valence-corrected chi connectivity index (χ2v) is 64.7. The van der Waals surface area contributed by atoms with Gasteiger partial charge >= 0.3 is 23.9 Å². The molecule has 14 nitrogen and oxygen atoms in total. The molecule has 10 unspecified atom stereocenters. The van der Waals surface area contributed by atoms with Crippen molar-refractivity contribution >= 4 is 111 Å². The summed E-state index contributed by atoms with van der Waals surface area (Å²) in [7, 11) is -3.70.